The van der Waals surface area contributed by atoms with Crippen molar-refractivity contribution in [3.05, 3.63) is 0 Å². The Morgan fingerprint density at radius 1 is 1.47 bits per heavy atom. The summed E-state index contributed by atoms with van der Waals surface area (Å²) in [6.45, 7) is 5.60. The molecule has 1 aliphatic rings. The molecule has 0 aromatic rings. The van der Waals surface area contributed by atoms with Crippen molar-refractivity contribution in [2.45, 2.75) is 32.2 Å². The maximum Gasteiger partial charge on any atom is 0.237 e. The molecule has 1 saturated heterocycles. The van der Waals surface area contributed by atoms with E-state index in [1.165, 1.54) is 13.0 Å². The molecule has 0 spiro atoms. The van der Waals surface area contributed by atoms with Crippen molar-refractivity contribution >= 4 is 17.5 Å². The van der Waals surface area contributed by atoms with Crippen LogP contribution in [0.3, 0.4) is 0 Å². The molecule has 1 aliphatic heterocycles. The normalized spacial score (nSPS) is 19.1. The molecular weight excluding hydrogens is 212 g/mol. The van der Waals surface area contributed by atoms with Gasteiger partial charge in [0.15, 0.2) is 0 Å². The lowest BCUT2D eigenvalue weighted by Gasteiger charge is -2.36. The van der Waals surface area contributed by atoms with E-state index in [0.717, 1.165) is 25.9 Å². The van der Waals surface area contributed by atoms with Crippen molar-refractivity contribution in [2.24, 2.45) is 0 Å². The number of hydrogen-bond acceptors (Lipinski definition) is 2. The van der Waals surface area contributed by atoms with Gasteiger partial charge in [-0.05, 0) is 25.8 Å². The summed E-state index contributed by atoms with van der Waals surface area (Å²) in [7, 11) is 1.87. The largest absolute Gasteiger partial charge is 0.342 e. The number of carbonyl (C=O) groups excluding carboxylic acids is 1. The average molecular weight is 233 g/mol. The lowest BCUT2D eigenvalue weighted by molar-refractivity contribution is -0.130. The molecule has 0 N–H and O–H groups in total. The zero-order valence-electron chi connectivity index (χ0n) is 9.71. The van der Waals surface area contributed by atoms with E-state index in [9.17, 15) is 4.79 Å². The minimum Gasteiger partial charge on any atom is -0.342 e. The number of carbonyl (C=O) groups is 1. The molecule has 1 amide bonds. The van der Waals surface area contributed by atoms with Gasteiger partial charge in [-0.25, -0.2) is 0 Å². The summed E-state index contributed by atoms with van der Waals surface area (Å²) in [6, 6.07) is 0.393. The van der Waals surface area contributed by atoms with Gasteiger partial charge in [-0.1, -0.05) is 6.92 Å². The van der Waals surface area contributed by atoms with E-state index in [1.54, 1.807) is 0 Å². The van der Waals surface area contributed by atoms with Gasteiger partial charge in [-0.3, -0.25) is 4.79 Å². The van der Waals surface area contributed by atoms with Gasteiger partial charge in [0.25, 0.3) is 0 Å². The zero-order chi connectivity index (χ0) is 11.3. The fourth-order valence-electron chi connectivity index (χ4n) is 2.14. The van der Waals surface area contributed by atoms with Crippen LogP contribution in [-0.4, -0.2) is 54.3 Å². The molecule has 0 unspecified atom stereocenters. The lowest BCUT2D eigenvalue weighted by atomic mass is 10.0. The van der Waals surface area contributed by atoms with Crippen LogP contribution in [0.15, 0.2) is 0 Å². The van der Waals surface area contributed by atoms with Crippen LogP contribution in [0.5, 0.6) is 0 Å². The second-order valence-electron chi connectivity index (χ2n) is 4.21. The molecule has 4 heteroatoms. The molecule has 3 nitrogen and oxygen atoms in total. The summed E-state index contributed by atoms with van der Waals surface area (Å²) < 4.78 is 0. The van der Waals surface area contributed by atoms with Gasteiger partial charge in [0.1, 0.15) is 5.88 Å². The van der Waals surface area contributed by atoms with Crippen molar-refractivity contribution in [2.75, 3.05) is 32.6 Å². The number of hydrogen-bond donors (Lipinski definition) is 0. The molecule has 88 valence electrons. The summed E-state index contributed by atoms with van der Waals surface area (Å²) in [5.41, 5.74) is 0. The quantitative estimate of drug-likeness (QED) is 0.687. The van der Waals surface area contributed by atoms with Gasteiger partial charge < -0.3 is 9.80 Å². The Morgan fingerprint density at radius 3 is 2.53 bits per heavy atom. The maximum atomic E-state index is 11.4. The molecule has 1 rings (SSSR count). The monoisotopic (exact) mass is 232 g/mol. The lowest BCUT2D eigenvalue weighted by Crippen LogP contribution is -2.46. The highest BCUT2D eigenvalue weighted by Gasteiger charge is 2.24. The van der Waals surface area contributed by atoms with Crippen molar-refractivity contribution in [1.82, 2.24) is 9.80 Å². The predicted molar refractivity (Wildman–Crippen MR) is 63.2 cm³/mol. The molecular formula is C11H21ClN2O. The third kappa shape index (κ3) is 3.65. The Kier molecular flexibility index (Phi) is 5.40. The maximum absolute atomic E-state index is 11.4. The molecule has 0 atom stereocenters. The highest BCUT2D eigenvalue weighted by Crippen LogP contribution is 2.15. The third-order valence-corrected chi connectivity index (χ3v) is 3.38. The van der Waals surface area contributed by atoms with Crippen LogP contribution in [0.4, 0.5) is 0 Å². The van der Waals surface area contributed by atoms with E-state index >= 15 is 0 Å². The van der Waals surface area contributed by atoms with E-state index in [0.29, 0.717) is 6.04 Å². The first-order valence-corrected chi connectivity index (χ1v) is 6.26. The standard InChI is InChI=1S/C11H21ClN2O/c1-3-6-14-7-4-10(5-8-14)13(2)11(15)9-12/h10H,3-9H2,1-2H3. The number of alkyl halides is 1. The zero-order valence-corrected chi connectivity index (χ0v) is 10.5. The summed E-state index contributed by atoms with van der Waals surface area (Å²) in [5.74, 6) is 0.150. The number of nitrogens with zero attached hydrogens (tertiary/aromatic N) is 2. The Balaban J connectivity index is 2.33. The van der Waals surface area contributed by atoms with Crippen molar-refractivity contribution in [1.29, 1.82) is 0 Å². The van der Waals surface area contributed by atoms with Crippen LogP contribution in [-0.2, 0) is 4.79 Å². The van der Waals surface area contributed by atoms with Gasteiger partial charge in [0, 0.05) is 26.2 Å². The van der Waals surface area contributed by atoms with Crippen LogP contribution in [0.2, 0.25) is 0 Å². The molecule has 0 aromatic heterocycles. The predicted octanol–water partition coefficient (Wildman–Crippen LogP) is 1.56. The van der Waals surface area contributed by atoms with E-state index in [4.69, 9.17) is 11.6 Å². The minimum atomic E-state index is 0.0469. The van der Waals surface area contributed by atoms with Gasteiger partial charge in [0.05, 0.1) is 0 Å². The smallest absolute Gasteiger partial charge is 0.237 e. The second-order valence-corrected chi connectivity index (χ2v) is 4.48. The highest BCUT2D eigenvalue weighted by atomic mass is 35.5. The van der Waals surface area contributed by atoms with E-state index in [1.807, 2.05) is 11.9 Å². The molecule has 0 saturated carbocycles. The molecule has 15 heavy (non-hydrogen) atoms. The topological polar surface area (TPSA) is 23.6 Å². The number of halogens is 1. The Morgan fingerprint density at radius 2 is 2.07 bits per heavy atom. The Hall–Kier alpha value is -0.280. The first kappa shape index (κ1) is 12.8. The molecule has 0 aliphatic carbocycles. The number of rotatable bonds is 4. The third-order valence-electron chi connectivity index (χ3n) is 3.15. The van der Waals surface area contributed by atoms with Gasteiger partial charge in [0.2, 0.25) is 5.91 Å². The second kappa shape index (κ2) is 6.33. The Labute approximate surface area is 97.4 Å². The number of likely N-dealkylation sites (tertiary alicyclic amines) is 1. The van der Waals surface area contributed by atoms with Crippen LogP contribution >= 0.6 is 11.6 Å². The van der Waals surface area contributed by atoms with Crippen LogP contribution in [0.1, 0.15) is 26.2 Å². The first-order chi connectivity index (χ1) is 7.19. The number of piperidine rings is 1. The highest BCUT2D eigenvalue weighted by molar-refractivity contribution is 6.27. The van der Waals surface area contributed by atoms with Crippen LogP contribution in [0, 0.1) is 0 Å². The van der Waals surface area contributed by atoms with E-state index in [-0.39, 0.29) is 11.8 Å². The van der Waals surface area contributed by atoms with Gasteiger partial charge in [-0.15, -0.1) is 11.6 Å². The SMILES string of the molecule is CCCN1CCC(N(C)C(=O)CCl)CC1. The van der Waals surface area contributed by atoms with E-state index in [2.05, 4.69) is 11.8 Å². The molecule has 1 heterocycles. The molecule has 0 bridgehead atoms. The summed E-state index contributed by atoms with van der Waals surface area (Å²) in [6.07, 6.45) is 3.37. The van der Waals surface area contributed by atoms with Crippen molar-refractivity contribution in [3.63, 3.8) is 0 Å². The first-order valence-electron chi connectivity index (χ1n) is 5.73. The summed E-state index contributed by atoms with van der Waals surface area (Å²) in [4.78, 5) is 15.7. The Bertz CT molecular complexity index is 203. The summed E-state index contributed by atoms with van der Waals surface area (Å²) in [5, 5.41) is 0. The molecule has 0 radical (unpaired) electrons. The fraction of sp³-hybridized carbons (Fsp3) is 0.909. The van der Waals surface area contributed by atoms with Crippen molar-refractivity contribution in [3.8, 4) is 0 Å². The average Bonchev–Trinajstić information content (AvgIpc) is 2.28. The van der Waals surface area contributed by atoms with Gasteiger partial charge >= 0.3 is 0 Å². The number of amides is 1. The minimum absolute atomic E-state index is 0.0469. The van der Waals surface area contributed by atoms with Crippen LogP contribution in [0.25, 0.3) is 0 Å². The van der Waals surface area contributed by atoms with Crippen molar-refractivity contribution < 1.29 is 4.79 Å². The van der Waals surface area contributed by atoms with Gasteiger partial charge in [-0.2, -0.15) is 0 Å². The summed E-state index contributed by atoms with van der Waals surface area (Å²) >= 11 is 5.54. The fourth-order valence-corrected chi connectivity index (χ4v) is 2.33. The van der Waals surface area contributed by atoms with E-state index < -0.39 is 0 Å². The molecule has 1 fully saturated rings. The molecule has 0 aromatic carbocycles. The van der Waals surface area contributed by atoms with Crippen LogP contribution < -0.4 is 0 Å².